The zero-order chi connectivity index (χ0) is 22.3. The minimum Gasteiger partial charge on any atom is -0.376 e. The first kappa shape index (κ1) is 20.9. The molecule has 1 atom stereocenters. The van der Waals surface area contributed by atoms with Crippen molar-refractivity contribution < 1.29 is 18.3 Å². The molecule has 7 nitrogen and oxygen atoms in total. The number of pyridine rings is 1. The van der Waals surface area contributed by atoms with Crippen LogP contribution in [0.1, 0.15) is 55.7 Å². The number of alkyl halides is 3. The largest absolute Gasteiger partial charge is 0.421 e. The highest BCUT2D eigenvalue weighted by Gasteiger charge is 2.54. The van der Waals surface area contributed by atoms with E-state index >= 15 is 0 Å². The molecule has 4 aromatic rings. The number of aromatic nitrogens is 6. The van der Waals surface area contributed by atoms with Crippen molar-refractivity contribution in [1.29, 1.82) is 0 Å². The molecule has 10 heteroatoms. The van der Waals surface area contributed by atoms with E-state index in [1.807, 2.05) is 12.3 Å². The molecule has 168 valence electrons. The van der Waals surface area contributed by atoms with Crippen LogP contribution in [0.25, 0.3) is 16.6 Å². The molecule has 5 rings (SSSR count). The summed E-state index contributed by atoms with van der Waals surface area (Å²) in [6, 6.07) is 4.65. The van der Waals surface area contributed by atoms with Gasteiger partial charge in [0.2, 0.25) is 0 Å². The second kappa shape index (κ2) is 7.84. The van der Waals surface area contributed by atoms with Gasteiger partial charge in [-0.15, -0.1) is 5.10 Å². The third kappa shape index (κ3) is 3.52. The molecule has 0 amide bonds. The Kier molecular flexibility index (Phi) is 5.11. The van der Waals surface area contributed by atoms with E-state index in [-0.39, 0.29) is 23.8 Å². The van der Waals surface area contributed by atoms with Gasteiger partial charge in [-0.3, -0.25) is 4.98 Å². The predicted molar refractivity (Wildman–Crippen MR) is 111 cm³/mol. The zero-order valence-electron chi connectivity index (χ0n) is 17.3. The van der Waals surface area contributed by atoms with E-state index < -0.39 is 11.8 Å². The fourth-order valence-electron chi connectivity index (χ4n) is 4.89. The standard InChI is InChI=1S/C22H23F3N6O/c23-22(24,25)21(32,16-2-1-10-26-12-16)9-7-14-3-5-15(6-4-14)18-19-17-8-11-27-20(17)28-13-31(19)30-29-18/h1-2,8,10-15,27,32H,3-7,9H2. The van der Waals surface area contributed by atoms with Crippen molar-refractivity contribution in [3.8, 4) is 0 Å². The van der Waals surface area contributed by atoms with Crippen molar-refractivity contribution >= 4 is 16.6 Å². The molecule has 1 unspecified atom stereocenters. The van der Waals surface area contributed by atoms with Crippen molar-refractivity contribution in [3.63, 3.8) is 0 Å². The first-order chi connectivity index (χ1) is 15.4. The van der Waals surface area contributed by atoms with Gasteiger partial charge in [-0.2, -0.15) is 13.2 Å². The summed E-state index contributed by atoms with van der Waals surface area (Å²) in [5.74, 6) is 0.316. The van der Waals surface area contributed by atoms with Gasteiger partial charge >= 0.3 is 6.18 Å². The van der Waals surface area contributed by atoms with Crippen LogP contribution in [0.15, 0.2) is 43.1 Å². The number of nitrogens with one attached hydrogen (secondary N) is 1. The summed E-state index contributed by atoms with van der Waals surface area (Å²) in [5, 5.41) is 20.1. The first-order valence-electron chi connectivity index (χ1n) is 10.7. The number of nitrogens with zero attached hydrogens (tertiary/aromatic N) is 5. The lowest BCUT2D eigenvalue weighted by Gasteiger charge is -2.34. The van der Waals surface area contributed by atoms with Crippen molar-refractivity contribution in [2.24, 2.45) is 5.92 Å². The van der Waals surface area contributed by atoms with Crippen molar-refractivity contribution in [2.75, 3.05) is 0 Å². The Labute approximate surface area is 181 Å². The van der Waals surface area contributed by atoms with Crippen molar-refractivity contribution in [2.45, 2.75) is 56.2 Å². The maximum Gasteiger partial charge on any atom is 0.421 e. The van der Waals surface area contributed by atoms with Crippen LogP contribution < -0.4 is 0 Å². The molecule has 1 aliphatic rings. The molecule has 2 N–H and O–H groups in total. The average Bonchev–Trinajstić information content (AvgIpc) is 3.44. The van der Waals surface area contributed by atoms with Gasteiger partial charge < -0.3 is 10.1 Å². The van der Waals surface area contributed by atoms with Crippen LogP contribution in [0.3, 0.4) is 0 Å². The fourth-order valence-corrected chi connectivity index (χ4v) is 4.89. The molecule has 0 aromatic carbocycles. The summed E-state index contributed by atoms with van der Waals surface area (Å²) >= 11 is 0. The molecule has 0 aliphatic heterocycles. The highest BCUT2D eigenvalue weighted by molar-refractivity contribution is 5.92. The molecular weight excluding hydrogens is 421 g/mol. The van der Waals surface area contributed by atoms with Gasteiger partial charge in [0.25, 0.3) is 0 Å². The van der Waals surface area contributed by atoms with E-state index in [1.54, 1.807) is 10.8 Å². The van der Waals surface area contributed by atoms with Gasteiger partial charge in [0.15, 0.2) is 5.60 Å². The first-order valence-corrected chi connectivity index (χ1v) is 10.7. The number of hydrogen-bond acceptors (Lipinski definition) is 5. The van der Waals surface area contributed by atoms with E-state index in [4.69, 9.17) is 0 Å². The van der Waals surface area contributed by atoms with Crippen LogP contribution in [-0.4, -0.2) is 41.1 Å². The lowest BCUT2D eigenvalue weighted by Crippen LogP contribution is -2.42. The molecule has 4 aromatic heterocycles. The molecule has 1 aliphatic carbocycles. The number of rotatable bonds is 5. The van der Waals surface area contributed by atoms with E-state index in [1.165, 1.54) is 18.3 Å². The third-order valence-corrected chi connectivity index (χ3v) is 6.75. The topological polar surface area (TPSA) is 92.0 Å². The molecule has 0 saturated heterocycles. The maximum absolute atomic E-state index is 13.7. The van der Waals surface area contributed by atoms with E-state index in [0.717, 1.165) is 54.1 Å². The Morgan fingerprint density at radius 3 is 2.69 bits per heavy atom. The monoisotopic (exact) mass is 444 g/mol. The molecule has 0 spiro atoms. The average molecular weight is 444 g/mol. The summed E-state index contributed by atoms with van der Waals surface area (Å²) in [7, 11) is 0. The summed E-state index contributed by atoms with van der Waals surface area (Å²) < 4.78 is 42.9. The van der Waals surface area contributed by atoms with Crippen LogP contribution in [0.5, 0.6) is 0 Å². The summed E-state index contributed by atoms with van der Waals surface area (Å²) in [5.41, 5.74) is -0.465. The van der Waals surface area contributed by atoms with Crippen LogP contribution in [0.4, 0.5) is 13.2 Å². The smallest absolute Gasteiger partial charge is 0.376 e. The quantitative estimate of drug-likeness (QED) is 0.473. The number of halogens is 3. The van der Waals surface area contributed by atoms with Gasteiger partial charge in [-0.25, -0.2) is 9.50 Å². The predicted octanol–water partition coefficient (Wildman–Crippen LogP) is 4.50. The van der Waals surface area contributed by atoms with Crippen LogP contribution in [0.2, 0.25) is 0 Å². The van der Waals surface area contributed by atoms with Crippen LogP contribution in [0, 0.1) is 5.92 Å². The number of aromatic amines is 1. The number of aliphatic hydroxyl groups is 1. The highest BCUT2D eigenvalue weighted by atomic mass is 19.4. The molecule has 1 saturated carbocycles. The summed E-state index contributed by atoms with van der Waals surface area (Å²) in [4.78, 5) is 11.2. The minimum absolute atomic E-state index is 0.118. The second-order valence-corrected chi connectivity index (χ2v) is 8.61. The number of hydrogen-bond donors (Lipinski definition) is 2. The maximum atomic E-state index is 13.7. The Hall–Kier alpha value is -3.01. The van der Waals surface area contributed by atoms with E-state index in [0.29, 0.717) is 6.42 Å². The zero-order valence-corrected chi connectivity index (χ0v) is 17.3. The van der Waals surface area contributed by atoms with E-state index in [9.17, 15) is 18.3 Å². The van der Waals surface area contributed by atoms with E-state index in [2.05, 4.69) is 25.3 Å². The Morgan fingerprint density at radius 2 is 1.97 bits per heavy atom. The molecule has 4 heterocycles. The van der Waals surface area contributed by atoms with Gasteiger partial charge in [-0.05, 0) is 56.6 Å². The highest BCUT2D eigenvalue weighted by Crippen LogP contribution is 2.45. The lowest BCUT2D eigenvalue weighted by atomic mass is 9.76. The fraction of sp³-hybridized carbons (Fsp3) is 0.455. The van der Waals surface area contributed by atoms with Gasteiger partial charge in [0.1, 0.15) is 17.5 Å². The molecule has 0 radical (unpaired) electrons. The summed E-state index contributed by atoms with van der Waals surface area (Å²) in [6.07, 6.45) is 4.33. The Bertz CT molecular complexity index is 1210. The number of H-pyrrole nitrogens is 1. The van der Waals surface area contributed by atoms with Gasteiger partial charge in [-0.1, -0.05) is 11.3 Å². The van der Waals surface area contributed by atoms with Gasteiger partial charge in [0, 0.05) is 35.5 Å². The Balaban J connectivity index is 1.28. The van der Waals surface area contributed by atoms with Crippen molar-refractivity contribution in [3.05, 3.63) is 54.4 Å². The van der Waals surface area contributed by atoms with Crippen LogP contribution >= 0.6 is 0 Å². The second-order valence-electron chi connectivity index (χ2n) is 8.61. The number of fused-ring (bicyclic) bond motifs is 3. The molecule has 1 fully saturated rings. The molecule has 0 bridgehead atoms. The normalized spacial score (nSPS) is 21.8. The van der Waals surface area contributed by atoms with Crippen molar-refractivity contribution in [1.82, 2.24) is 29.8 Å². The SMILES string of the molecule is OC(CCC1CCC(c2nnn3cnc4[nH]ccc4c23)CC1)(c1cccnc1)C(F)(F)F. The molecule has 32 heavy (non-hydrogen) atoms. The summed E-state index contributed by atoms with van der Waals surface area (Å²) in [6.45, 7) is 0. The minimum atomic E-state index is -4.76. The molecular formula is C22H23F3N6O. The Morgan fingerprint density at radius 1 is 1.16 bits per heavy atom. The van der Waals surface area contributed by atoms with Gasteiger partial charge in [0.05, 0.1) is 5.69 Å². The van der Waals surface area contributed by atoms with Crippen LogP contribution in [-0.2, 0) is 5.60 Å². The third-order valence-electron chi connectivity index (χ3n) is 6.75. The lowest BCUT2D eigenvalue weighted by molar-refractivity contribution is -0.270.